The normalized spacial score (nSPS) is 16.0. The molecule has 1 heterocycles. The number of ether oxygens (including phenoxy) is 1. The van der Waals surface area contributed by atoms with Gasteiger partial charge in [0.15, 0.2) is 5.96 Å². The molecule has 0 unspecified atom stereocenters. The first-order valence-electron chi connectivity index (χ1n) is 9.60. The highest BCUT2D eigenvalue weighted by atomic mass is 127. The Morgan fingerprint density at radius 1 is 1.23 bits per heavy atom. The predicted octanol–water partition coefficient (Wildman–Crippen LogP) is 3.49. The van der Waals surface area contributed by atoms with Gasteiger partial charge in [-0.2, -0.15) is 0 Å². The van der Waals surface area contributed by atoms with Crippen LogP contribution in [0.2, 0.25) is 0 Å². The number of hydrogen-bond acceptors (Lipinski definition) is 3. The zero-order chi connectivity index (χ0) is 17.9. The minimum Gasteiger partial charge on any atom is -0.494 e. The number of benzene rings is 1. The summed E-state index contributed by atoms with van der Waals surface area (Å²) in [6, 6.07) is 8.14. The van der Waals surface area contributed by atoms with Crippen molar-refractivity contribution >= 4 is 29.9 Å². The number of piperidine rings is 1. The summed E-state index contributed by atoms with van der Waals surface area (Å²) in [5.41, 5.74) is 1.15. The fourth-order valence-corrected chi connectivity index (χ4v) is 3.14. The van der Waals surface area contributed by atoms with Gasteiger partial charge in [-0.25, -0.2) is 0 Å². The summed E-state index contributed by atoms with van der Waals surface area (Å²) in [6.07, 6.45) is 3.83. The molecule has 6 heteroatoms. The molecule has 26 heavy (non-hydrogen) atoms. The highest BCUT2D eigenvalue weighted by Crippen LogP contribution is 2.17. The molecular formula is C20H35IN4O. The highest BCUT2D eigenvalue weighted by Gasteiger charge is 2.14. The van der Waals surface area contributed by atoms with Crippen LogP contribution >= 0.6 is 24.0 Å². The van der Waals surface area contributed by atoms with Gasteiger partial charge in [-0.3, -0.25) is 4.99 Å². The van der Waals surface area contributed by atoms with Crippen molar-refractivity contribution in [3.63, 3.8) is 0 Å². The number of aliphatic imine (C=N–C) groups is 1. The van der Waals surface area contributed by atoms with E-state index < -0.39 is 0 Å². The number of halogens is 1. The van der Waals surface area contributed by atoms with Crippen molar-refractivity contribution in [3.8, 4) is 5.75 Å². The van der Waals surface area contributed by atoms with Gasteiger partial charge in [-0.15, -0.1) is 24.0 Å². The molecule has 0 spiro atoms. The summed E-state index contributed by atoms with van der Waals surface area (Å²) in [6.45, 7) is 10.4. The van der Waals surface area contributed by atoms with Crippen LogP contribution in [-0.2, 0) is 6.54 Å². The van der Waals surface area contributed by atoms with E-state index in [-0.39, 0.29) is 24.0 Å². The van der Waals surface area contributed by atoms with E-state index in [0.29, 0.717) is 13.2 Å². The first-order valence-corrected chi connectivity index (χ1v) is 9.60. The van der Waals surface area contributed by atoms with E-state index in [1.165, 1.54) is 32.5 Å². The fraction of sp³-hybridized carbons (Fsp3) is 0.650. The molecule has 2 rings (SSSR count). The van der Waals surface area contributed by atoms with Crippen LogP contribution in [0.15, 0.2) is 29.3 Å². The van der Waals surface area contributed by atoms with E-state index in [1.54, 1.807) is 0 Å². The maximum Gasteiger partial charge on any atom is 0.191 e. The van der Waals surface area contributed by atoms with Crippen molar-refractivity contribution in [2.24, 2.45) is 10.9 Å². The number of nitrogens with zero attached hydrogens (tertiary/aromatic N) is 2. The van der Waals surface area contributed by atoms with Gasteiger partial charge >= 0.3 is 0 Å². The maximum absolute atomic E-state index is 5.67. The minimum absolute atomic E-state index is 0. The summed E-state index contributed by atoms with van der Waals surface area (Å²) in [5.74, 6) is 2.68. The molecule has 1 aromatic carbocycles. The quantitative estimate of drug-likeness (QED) is 0.262. The summed E-state index contributed by atoms with van der Waals surface area (Å²) in [7, 11) is 1.82. The third-order valence-electron chi connectivity index (χ3n) is 4.76. The Morgan fingerprint density at radius 3 is 2.65 bits per heavy atom. The van der Waals surface area contributed by atoms with Crippen LogP contribution in [0.5, 0.6) is 5.75 Å². The highest BCUT2D eigenvalue weighted by molar-refractivity contribution is 14.0. The van der Waals surface area contributed by atoms with Crippen LogP contribution in [0.25, 0.3) is 0 Å². The minimum atomic E-state index is 0. The molecule has 1 aromatic rings. The summed E-state index contributed by atoms with van der Waals surface area (Å²) >= 11 is 0. The molecule has 0 radical (unpaired) electrons. The second-order valence-electron chi connectivity index (χ2n) is 6.77. The molecule has 1 aliphatic rings. The SMILES string of the molecule is CCOc1ccccc1CNC(=NC)NCCCN1CCC(C)CC1.I. The van der Waals surface area contributed by atoms with Crippen molar-refractivity contribution in [3.05, 3.63) is 29.8 Å². The molecule has 1 fully saturated rings. The van der Waals surface area contributed by atoms with E-state index in [2.05, 4.69) is 33.5 Å². The molecule has 0 aliphatic carbocycles. The van der Waals surface area contributed by atoms with Gasteiger partial charge in [0.25, 0.3) is 0 Å². The predicted molar refractivity (Wildman–Crippen MR) is 121 cm³/mol. The number of para-hydroxylation sites is 1. The van der Waals surface area contributed by atoms with Gasteiger partial charge in [0.2, 0.25) is 0 Å². The van der Waals surface area contributed by atoms with E-state index in [9.17, 15) is 0 Å². The van der Waals surface area contributed by atoms with Gasteiger partial charge < -0.3 is 20.3 Å². The molecule has 1 saturated heterocycles. The first kappa shape index (κ1) is 23.0. The Morgan fingerprint density at radius 2 is 1.96 bits per heavy atom. The average Bonchev–Trinajstić information content (AvgIpc) is 2.64. The van der Waals surface area contributed by atoms with Gasteiger partial charge in [0.05, 0.1) is 6.61 Å². The molecule has 5 nitrogen and oxygen atoms in total. The van der Waals surface area contributed by atoms with E-state index in [1.807, 2.05) is 32.2 Å². The van der Waals surface area contributed by atoms with Crippen molar-refractivity contribution < 1.29 is 4.74 Å². The van der Waals surface area contributed by atoms with Crippen LogP contribution in [0.1, 0.15) is 38.7 Å². The lowest BCUT2D eigenvalue weighted by Crippen LogP contribution is -2.39. The second kappa shape index (κ2) is 13.2. The van der Waals surface area contributed by atoms with Gasteiger partial charge in [0, 0.05) is 25.7 Å². The molecule has 2 N–H and O–H groups in total. The van der Waals surface area contributed by atoms with E-state index in [4.69, 9.17) is 4.74 Å². The van der Waals surface area contributed by atoms with Crippen LogP contribution in [0.3, 0.4) is 0 Å². The van der Waals surface area contributed by atoms with Crippen molar-refractivity contribution in [1.29, 1.82) is 0 Å². The smallest absolute Gasteiger partial charge is 0.191 e. The van der Waals surface area contributed by atoms with Crippen LogP contribution in [0.4, 0.5) is 0 Å². The van der Waals surface area contributed by atoms with Gasteiger partial charge in [-0.05, 0) is 57.8 Å². The van der Waals surface area contributed by atoms with Crippen LogP contribution < -0.4 is 15.4 Å². The lowest BCUT2D eigenvalue weighted by atomic mass is 9.99. The second-order valence-corrected chi connectivity index (χ2v) is 6.77. The van der Waals surface area contributed by atoms with Gasteiger partial charge in [-0.1, -0.05) is 25.1 Å². The number of nitrogens with one attached hydrogen (secondary N) is 2. The fourth-order valence-electron chi connectivity index (χ4n) is 3.14. The monoisotopic (exact) mass is 474 g/mol. The Balaban J connectivity index is 0.00000338. The Hall–Kier alpha value is -1.02. The molecular weight excluding hydrogens is 439 g/mol. The Bertz CT molecular complexity index is 530. The molecule has 148 valence electrons. The lowest BCUT2D eigenvalue weighted by molar-refractivity contribution is 0.191. The first-order chi connectivity index (χ1) is 12.2. The number of likely N-dealkylation sites (tertiary alicyclic amines) is 1. The van der Waals surface area contributed by atoms with Gasteiger partial charge in [0.1, 0.15) is 5.75 Å². The molecule has 0 atom stereocenters. The zero-order valence-corrected chi connectivity index (χ0v) is 18.8. The maximum atomic E-state index is 5.67. The topological polar surface area (TPSA) is 48.9 Å². The van der Waals surface area contributed by atoms with Crippen molar-refractivity contribution in [2.75, 3.05) is 39.8 Å². The number of rotatable bonds is 8. The van der Waals surface area contributed by atoms with E-state index in [0.717, 1.165) is 36.2 Å². The largest absolute Gasteiger partial charge is 0.494 e. The number of hydrogen-bond donors (Lipinski definition) is 2. The molecule has 1 aliphatic heterocycles. The summed E-state index contributed by atoms with van der Waals surface area (Å²) in [4.78, 5) is 6.89. The van der Waals surface area contributed by atoms with E-state index >= 15 is 0 Å². The van der Waals surface area contributed by atoms with Crippen LogP contribution in [-0.4, -0.2) is 50.7 Å². The third-order valence-corrected chi connectivity index (χ3v) is 4.76. The standard InChI is InChI=1S/C20H34N4O.HI/c1-4-25-19-9-6-5-8-18(19)16-23-20(21-3)22-12-7-13-24-14-10-17(2)11-15-24;/h5-6,8-9,17H,4,7,10-16H2,1-3H3,(H2,21,22,23);1H. The number of guanidine groups is 1. The molecule has 0 aromatic heterocycles. The average molecular weight is 474 g/mol. The Kier molecular flexibility index (Phi) is 11.7. The summed E-state index contributed by atoms with van der Waals surface area (Å²) in [5, 5.41) is 6.78. The van der Waals surface area contributed by atoms with Crippen molar-refractivity contribution in [1.82, 2.24) is 15.5 Å². The molecule has 0 saturated carbocycles. The third kappa shape index (κ3) is 8.12. The van der Waals surface area contributed by atoms with Crippen molar-refractivity contribution in [2.45, 2.75) is 39.7 Å². The molecule has 0 amide bonds. The molecule has 0 bridgehead atoms. The van der Waals surface area contributed by atoms with Crippen LogP contribution in [0, 0.1) is 5.92 Å². The zero-order valence-electron chi connectivity index (χ0n) is 16.5. The lowest BCUT2D eigenvalue weighted by Gasteiger charge is -2.30. The summed E-state index contributed by atoms with van der Waals surface area (Å²) < 4.78 is 5.67. The Labute approximate surface area is 176 Å².